The van der Waals surface area contributed by atoms with E-state index in [0.29, 0.717) is 6.54 Å². The van der Waals surface area contributed by atoms with Crippen molar-refractivity contribution in [2.24, 2.45) is 0 Å². The normalized spacial score (nSPS) is 18.6. The van der Waals surface area contributed by atoms with E-state index < -0.39 is 0 Å². The van der Waals surface area contributed by atoms with Crippen LogP contribution >= 0.6 is 0 Å². The zero-order valence-electron chi connectivity index (χ0n) is 15.8. The van der Waals surface area contributed by atoms with Gasteiger partial charge in [-0.1, -0.05) is 29.4 Å². The number of amides is 1. The third-order valence-corrected chi connectivity index (χ3v) is 6.07. The molecular weight excluding hydrogens is 352 g/mol. The number of pyridine rings is 1. The Labute approximate surface area is 163 Å². The molecule has 0 radical (unpaired) electrons. The van der Waals surface area contributed by atoms with Gasteiger partial charge in [0.2, 0.25) is 5.91 Å². The fraction of sp³-hybridized carbons (Fsp3) is 0.318. The number of likely N-dealkylation sites (tertiary alicyclic amines) is 1. The number of aromatic nitrogens is 2. The molecule has 4 heterocycles. The Balaban J connectivity index is 1.30. The minimum atomic E-state index is -0.373. The van der Waals surface area contributed by atoms with Gasteiger partial charge in [0.25, 0.3) is 0 Å². The fourth-order valence-corrected chi connectivity index (χ4v) is 4.54. The van der Waals surface area contributed by atoms with Crippen LogP contribution in [-0.2, 0) is 16.8 Å². The zero-order valence-corrected chi connectivity index (χ0v) is 15.8. The van der Waals surface area contributed by atoms with Crippen LogP contribution in [-0.4, -0.2) is 41.1 Å². The molecule has 1 saturated heterocycles. The van der Waals surface area contributed by atoms with Crippen LogP contribution in [0.25, 0.3) is 11.4 Å². The van der Waals surface area contributed by atoms with Crippen LogP contribution in [0, 0.1) is 0 Å². The molecule has 0 bridgehead atoms. The average Bonchev–Trinajstić information content (AvgIpc) is 3.29. The molecule has 1 fully saturated rings. The maximum absolute atomic E-state index is 13.0. The monoisotopic (exact) mass is 374 g/mol. The van der Waals surface area contributed by atoms with Gasteiger partial charge in [0.15, 0.2) is 5.76 Å². The molecule has 0 aliphatic carbocycles. The Morgan fingerprint density at radius 3 is 2.64 bits per heavy atom. The van der Waals surface area contributed by atoms with E-state index in [4.69, 9.17) is 4.52 Å². The summed E-state index contributed by atoms with van der Waals surface area (Å²) in [4.78, 5) is 21.5. The van der Waals surface area contributed by atoms with Crippen LogP contribution in [0.4, 0.5) is 5.69 Å². The summed E-state index contributed by atoms with van der Waals surface area (Å²) in [5, 5.41) is 4.15. The first-order chi connectivity index (χ1) is 13.7. The predicted octanol–water partition coefficient (Wildman–Crippen LogP) is 3.25. The van der Waals surface area contributed by atoms with Gasteiger partial charge in [-0.05, 0) is 49.7 Å². The van der Waals surface area contributed by atoms with E-state index in [-0.39, 0.29) is 11.3 Å². The number of anilines is 1. The quantitative estimate of drug-likeness (QED) is 0.704. The highest BCUT2D eigenvalue weighted by molar-refractivity contribution is 6.07. The average molecular weight is 374 g/mol. The van der Waals surface area contributed by atoms with Crippen molar-refractivity contribution in [2.45, 2.75) is 24.8 Å². The molecule has 1 amide bonds. The molecule has 2 aliphatic rings. The number of hydrogen-bond acceptors (Lipinski definition) is 5. The predicted molar refractivity (Wildman–Crippen MR) is 106 cm³/mol. The van der Waals surface area contributed by atoms with Crippen LogP contribution in [0.15, 0.2) is 59.3 Å². The van der Waals surface area contributed by atoms with Crippen molar-refractivity contribution in [2.75, 3.05) is 25.0 Å². The number of carbonyl (C=O) groups is 1. The molecule has 142 valence electrons. The largest absolute Gasteiger partial charge is 0.359 e. The lowest BCUT2D eigenvalue weighted by atomic mass is 9.73. The summed E-state index contributed by atoms with van der Waals surface area (Å²) in [5.74, 6) is 1.05. The standard InChI is InChI=1S/C22H22N4O2/c1-25-20-8-3-2-6-17(20)22(21(25)27)9-12-26(13-10-22)15-16-14-19(24-28-16)18-7-4-5-11-23-18/h2-8,11,14H,9-10,12-13,15H2,1H3. The van der Waals surface area contributed by atoms with Crippen LogP contribution in [0.1, 0.15) is 24.2 Å². The summed E-state index contributed by atoms with van der Waals surface area (Å²) in [6, 6.07) is 15.9. The molecule has 3 aromatic rings. The number of piperidine rings is 1. The Morgan fingerprint density at radius 2 is 1.86 bits per heavy atom. The van der Waals surface area contributed by atoms with Gasteiger partial charge in [0.1, 0.15) is 5.69 Å². The molecule has 6 nitrogen and oxygen atoms in total. The van der Waals surface area contributed by atoms with Crippen molar-refractivity contribution in [1.82, 2.24) is 15.0 Å². The van der Waals surface area contributed by atoms with E-state index in [0.717, 1.165) is 48.8 Å². The van der Waals surface area contributed by atoms with Crippen molar-refractivity contribution in [3.05, 3.63) is 66.1 Å². The second-order valence-corrected chi connectivity index (χ2v) is 7.63. The number of carbonyl (C=O) groups excluding carboxylic acids is 1. The first-order valence-electron chi connectivity index (χ1n) is 9.64. The maximum atomic E-state index is 13.0. The van der Waals surface area contributed by atoms with E-state index in [9.17, 15) is 4.79 Å². The van der Waals surface area contributed by atoms with Crippen molar-refractivity contribution in [1.29, 1.82) is 0 Å². The van der Waals surface area contributed by atoms with Crippen molar-refractivity contribution >= 4 is 11.6 Å². The number of fused-ring (bicyclic) bond motifs is 2. The number of nitrogens with zero attached hydrogens (tertiary/aromatic N) is 4. The highest BCUT2D eigenvalue weighted by Crippen LogP contribution is 2.47. The maximum Gasteiger partial charge on any atom is 0.237 e. The number of rotatable bonds is 3. The van der Waals surface area contributed by atoms with Gasteiger partial charge in [0, 0.05) is 25.0 Å². The Kier molecular flexibility index (Phi) is 4.02. The molecule has 1 spiro atoms. The smallest absolute Gasteiger partial charge is 0.237 e. The van der Waals surface area contributed by atoms with Crippen molar-refractivity contribution < 1.29 is 9.32 Å². The van der Waals surface area contributed by atoms with Crippen molar-refractivity contribution in [3.63, 3.8) is 0 Å². The molecular formula is C22H22N4O2. The summed E-state index contributed by atoms with van der Waals surface area (Å²) in [6.07, 6.45) is 3.41. The minimum Gasteiger partial charge on any atom is -0.359 e. The molecule has 1 aromatic carbocycles. The molecule has 0 N–H and O–H groups in total. The number of likely N-dealkylation sites (N-methyl/N-ethyl adjacent to an activating group) is 1. The Morgan fingerprint density at radius 1 is 1.07 bits per heavy atom. The third kappa shape index (κ3) is 2.64. The summed E-state index contributed by atoms with van der Waals surface area (Å²) >= 11 is 0. The SMILES string of the molecule is CN1C(=O)C2(CCN(Cc3cc(-c4ccccn4)no3)CC2)c2ccccc21. The topological polar surface area (TPSA) is 62.5 Å². The lowest BCUT2D eigenvalue weighted by Gasteiger charge is -2.38. The molecule has 0 unspecified atom stereocenters. The summed E-state index contributed by atoms with van der Waals surface area (Å²) < 4.78 is 5.53. The number of benzene rings is 1. The van der Waals surface area contributed by atoms with E-state index in [2.05, 4.69) is 21.1 Å². The summed E-state index contributed by atoms with van der Waals surface area (Å²) in [7, 11) is 1.88. The first-order valence-corrected chi connectivity index (χ1v) is 9.64. The van der Waals surface area contributed by atoms with Gasteiger partial charge in [-0.3, -0.25) is 14.7 Å². The molecule has 2 aromatic heterocycles. The summed E-state index contributed by atoms with van der Waals surface area (Å²) in [5.41, 5.74) is 3.43. The van der Waals surface area contributed by atoms with Gasteiger partial charge in [0.05, 0.1) is 17.7 Å². The summed E-state index contributed by atoms with van der Waals surface area (Å²) in [6.45, 7) is 2.41. The molecule has 0 saturated carbocycles. The van der Waals surface area contributed by atoms with Gasteiger partial charge in [-0.2, -0.15) is 0 Å². The molecule has 2 aliphatic heterocycles. The fourth-order valence-electron chi connectivity index (χ4n) is 4.54. The van der Waals surface area contributed by atoms with Crippen LogP contribution in [0.5, 0.6) is 0 Å². The first kappa shape index (κ1) is 17.1. The van der Waals surface area contributed by atoms with E-state index in [1.54, 1.807) is 6.20 Å². The molecule has 0 atom stereocenters. The lowest BCUT2D eigenvalue weighted by molar-refractivity contribution is -0.124. The molecule has 5 rings (SSSR count). The lowest BCUT2D eigenvalue weighted by Crippen LogP contribution is -2.47. The second kappa shape index (κ2) is 6.56. The van der Waals surface area contributed by atoms with Crippen LogP contribution in [0.3, 0.4) is 0 Å². The Hall–Kier alpha value is -2.99. The highest BCUT2D eigenvalue weighted by atomic mass is 16.5. The zero-order chi connectivity index (χ0) is 19.1. The number of para-hydroxylation sites is 1. The second-order valence-electron chi connectivity index (χ2n) is 7.63. The van der Waals surface area contributed by atoms with Crippen LogP contribution in [0.2, 0.25) is 0 Å². The third-order valence-electron chi connectivity index (χ3n) is 6.07. The minimum absolute atomic E-state index is 0.227. The molecule has 28 heavy (non-hydrogen) atoms. The van der Waals surface area contributed by atoms with Crippen LogP contribution < -0.4 is 4.90 Å². The Bertz CT molecular complexity index is 1010. The van der Waals surface area contributed by atoms with E-state index in [1.165, 1.54) is 5.56 Å². The van der Waals surface area contributed by atoms with Gasteiger partial charge in [-0.15, -0.1) is 0 Å². The number of hydrogen-bond donors (Lipinski definition) is 0. The van der Waals surface area contributed by atoms with E-state index >= 15 is 0 Å². The van der Waals surface area contributed by atoms with Gasteiger partial charge in [-0.25, -0.2) is 0 Å². The van der Waals surface area contributed by atoms with Gasteiger partial charge < -0.3 is 9.42 Å². The van der Waals surface area contributed by atoms with Crippen molar-refractivity contribution in [3.8, 4) is 11.4 Å². The van der Waals surface area contributed by atoms with E-state index in [1.807, 2.05) is 54.4 Å². The highest BCUT2D eigenvalue weighted by Gasteiger charge is 2.50. The van der Waals surface area contributed by atoms with Gasteiger partial charge >= 0.3 is 0 Å². The molecule has 6 heteroatoms.